The number of nitrogens with one attached hydrogen (secondary N) is 1. The van der Waals surface area contributed by atoms with E-state index in [0.717, 1.165) is 18.6 Å². The molecule has 0 saturated heterocycles. The van der Waals surface area contributed by atoms with Crippen molar-refractivity contribution in [3.05, 3.63) is 66.1 Å². The molecular formula is C18H21N3. The monoisotopic (exact) mass is 279 g/mol. The number of pyridine rings is 1. The minimum atomic E-state index is 0.510. The van der Waals surface area contributed by atoms with E-state index in [1.807, 2.05) is 12.3 Å². The molecule has 1 aromatic carbocycles. The van der Waals surface area contributed by atoms with Crippen LogP contribution in [0.1, 0.15) is 25.0 Å². The molecule has 0 aliphatic rings. The summed E-state index contributed by atoms with van der Waals surface area (Å²) in [4.78, 5) is 4.52. The Labute approximate surface area is 125 Å². The van der Waals surface area contributed by atoms with Crippen LogP contribution in [-0.4, -0.2) is 15.6 Å². The molecule has 0 amide bonds. The van der Waals surface area contributed by atoms with Crippen LogP contribution in [0.4, 0.5) is 0 Å². The summed E-state index contributed by atoms with van der Waals surface area (Å²) in [5.74, 6) is 0. The van der Waals surface area contributed by atoms with E-state index in [9.17, 15) is 0 Å². The lowest BCUT2D eigenvalue weighted by molar-refractivity contribution is 0.588. The van der Waals surface area contributed by atoms with Crippen LogP contribution in [0.5, 0.6) is 0 Å². The number of rotatable bonds is 5. The maximum absolute atomic E-state index is 4.52. The van der Waals surface area contributed by atoms with Crippen molar-refractivity contribution in [1.82, 2.24) is 14.9 Å². The smallest absolute Gasteiger partial charge is 0.0751 e. The summed E-state index contributed by atoms with van der Waals surface area (Å²) in [6.07, 6.45) is 6.20. The summed E-state index contributed by atoms with van der Waals surface area (Å²) in [7, 11) is 0. The number of fused-ring (bicyclic) bond motifs is 1. The lowest BCUT2D eigenvalue weighted by Gasteiger charge is -2.07. The van der Waals surface area contributed by atoms with Crippen molar-refractivity contribution in [2.75, 3.05) is 0 Å². The maximum Gasteiger partial charge on any atom is 0.0751 e. The number of nitrogens with zero attached hydrogens (tertiary/aromatic N) is 2. The molecule has 3 nitrogen and oxygen atoms in total. The van der Waals surface area contributed by atoms with Gasteiger partial charge in [0.05, 0.1) is 5.52 Å². The highest BCUT2D eigenvalue weighted by atomic mass is 15.0. The highest BCUT2D eigenvalue weighted by Gasteiger charge is 2.04. The van der Waals surface area contributed by atoms with Crippen LogP contribution in [0, 0.1) is 0 Å². The zero-order valence-electron chi connectivity index (χ0n) is 12.6. The molecule has 0 radical (unpaired) electrons. The largest absolute Gasteiger partial charge is 0.349 e. The van der Waals surface area contributed by atoms with E-state index in [1.165, 1.54) is 16.5 Å². The van der Waals surface area contributed by atoms with Gasteiger partial charge >= 0.3 is 0 Å². The van der Waals surface area contributed by atoms with Gasteiger partial charge in [0.25, 0.3) is 0 Å². The fourth-order valence-electron chi connectivity index (χ4n) is 2.51. The van der Waals surface area contributed by atoms with Crippen molar-refractivity contribution >= 4 is 10.9 Å². The van der Waals surface area contributed by atoms with Gasteiger partial charge in [-0.1, -0.05) is 38.1 Å². The molecule has 0 aliphatic heterocycles. The van der Waals surface area contributed by atoms with Crippen LogP contribution < -0.4 is 5.32 Å². The summed E-state index contributed by atoms with van der Waals surface area (Å²) < 4.78 is 2.22. The second-order valence-electron chi connectivity index (χ2n) is 5.72. The molecule has 3 aromatic rings. The second kappa shape index (κ2) is 6.10. The van der Waals surface area contributed by atoms with Crippen molar-refractivity contribution in [2.45, 2.75) is 33.0 Å². The van der Waals surface area contributed by atoms with E-state index in [2.05, 4.69) is 71.4 Å². The summed E-state index contributed by atoms with van der Waals surface area (Å²) in [6.45, 7) is 6.10. The van der Waals surface area contributed by atoms with E-state index in [4.69, 9.17) is 0 Å². The Morgan fingerprint density at radius 1 is 1.14 bits per heavy atom. The average molecular weight is 279 g/mol. The SMILES string of the molecule is CC(C)NCc1ccn(Cc2cccc3cccnc23)c1. The minimum absolute atomic E-state index is 0.510. The molecule has 0 unspecified atom stereocenters. The fourth-order valence-corrected chi connectivity index (χ4v) is 2.51. The topological polar surface area (TPSA) is 29.9 Å². The Morgan fingerprint density at radius 3 is 2.86 bits per heavy atom. The van der Waals surface area contributed by atoms with Crippen LogP contribution in [0.25, 0.3) is 10.9 Å². The molecule has 2 heterocycles. The number of hydrogen-bond donors (Lipinski definition) is 1. The molecule has 0 atom stereocenters. The van der Waals surface area contributed by atoms with Crippen molar-refractivity contribution < 1.29 is 0 Å². The minimum Gasteiger partial charge on any atom is -0.349 e. The van der Waals surface area contributed by atoms with Gasteiger partial charge in [0, 0.05) is 43.1 Å². The first-order chi connectivity index (χ1) is 10.2. The van der Waals surface area contributed by atoms with Crippen LogP contribution in [-0.2, 0) is 13.1 Å². The standard InChI is InChI=1S/C18H21N3/c1-14(2)20-11-15-8-10-21(12-15)13-17-6-3-5-16-7-4-9-19-18(16)17/h3-10,12,14,20H,11,13H2,1-2H3. The maximum atomic E-state index is 4.52. The van der Waals surface area contributed by atoms with Gasteiger partial charge in [-0.25, -0.2) is 0 Å². The third-order valence-electron chi connectivity index (χ3n) is 3.60. The summed E-state index contributed by atoms with van der Waals surface area (Å²) in [6, 6.07) is 13.1. The first kappa shape index (κ1) is 13.8. The first-order valence-electron chi connectivity index (χ1n) is 7.43. The Morgan fingerprint density at radius 2 is 2.00 bits per heavy atom. The summed E-state index contributed by atoms with van der Waals surface area (Å²) in [5, 5.41) is 4.64. The Bertz CT molecular complexity index is 723. The molecule has 0 bridgehead atoms. The van der Waals surface area contributed by atoms with E-state index < -0.39 is 0 Å². The zero-order valence-corrected chi connectivity index (χ0v) is 12.6. The van der Waals surface area contributed by atoms with Gasteiger partial charge in [-0.2, -0.15) is 0 Å². The van der Waals surface area contributed by atoms with Crippen LogP contribution in [0.3, 0.4) is 0 Å². The molecule has 0 spiro atoms. The van der Waals surface area contributed by atoms with Crippen molar-refractivity contribution in [1.29, 1.82) is 0 Å². The van der Waals surface area contributed by atoms with Gasteiger partial charge in [-0.15, -0.1) is 0 Å². The Hall–Kier alpha value is -2.13. The van der Waals surface area contributed by atoms with Crippen LogP contribution >= 0.6 is 0 Å². The van der Waals surface area contributed by atoms with Gasteiger partial charge in [0.1, 0.15) is 0 Å². The molecule has 0 aliphatic carbocycles. The second-order valence-corrected chi connectivity index (χ2v) is 5.72. The average Bonchev–Trinajstić information content (AvgIpc) is 2.93. The molecule has 3 rings (SSSR count). The highest BCUT2D eigenvalue weighted by molar-refractivity contribution is 5.81. The first-order valence-corrected chi connectivity index (χ1v) is 7.43. The Balaban J connectivity index is 1.79. The van der Waals surface area contributed by atoms with Crippen molar-refractivity contribution in [3.63, 3.8) is 0 Å². The molecular weight excluding hydrogens is 258 g/mol. The van der Waals surface area contributed by atoms with Crippen LogP contribution in [0.15, 0.2) is 55.0 Å². The van der Waals surface area contributed by atoms with Gasteiger partial charge < -0.3 is 9.88 Å². The predicted octanol–water partition coefficient (Wildman–Crippen LogP) is 3.58. The predicted molar refractivity (Wildman–Crippen MR) is 87.3 cm³/mol. The number of benzene rings is 1. The van der Waals surface area contributed by atoms with Crippen LogP contribution in [0.2, 0.25) is 0 Å². The molecule has 3 heteroatoms. The lowest BCUT2D eigenvalue weighted by atomic mass is 10.1. The van der Waals surface area contributed by atoms with E-state index in [0.29, 0.717) is 6.04 Å². The molecule has 2 aromatic heterocycles. The van der Waals surface area contributed by atoms with E-state index >= 15 is 0 Å². The number of aromatic nitrogens is 2. The molecule has 0 saturated carbocycles. The highest BCUT2D eigenvalue weighted by Crippen LogP contribution is 2.17. The van der Waals surface area contributed by atoms with Gasteiger partial charge in [0.15, 0.2) is 0 Å². The summed E-state index contributed by atoms with van der Waals surface area (Å²) >= 11 is 0. The molecule has 108 valence electrons. The molecule has 0 fully saturated rings. The fraction of sp³-hybridized carbons (Fsp3) is 0.278. The number of hydrogen-bond acceptors (Lipinski definition) is 2. The number of para-hydroxylation sites is 1. The van der Waals surface area contributed by atoms with E-state index in [1.54, 1.807) is 0 Å². The lowest BCUT2D eigenvalue weighted by Crippen LogP contribution is -2.21. The Kier molecular flexibility index (Phi) is 4.02. The third-order valence-corrected chi connectivity index (χ3v) is 3.60. The van der Waals surface area contributed by atoms with Crippen molar-refractivity contribution in [2.24, 2.45) is 0 Å². The van der Waals surface area contributed by atoms with Gasteiger partial charge in [-0.3, -0.25) is 4.98 Å². The van der Waals surface area contributed by atoms with Gasteiger partial charge in [0.2, 0.25) is 0 Å². The molecule has 21 heavy (non-hydrogen) atoms. The zero-order chi connectivity index (χ0) is 14.7. The van der Waals surface area contributed by atoms with E-state index in [-0.39, 0.29) is 0 Å². The van der Waals surface area contributed by atoms with Gasteiger partial charge in [-0.05, 0) is 23.3 Å². The normalized spacial score (nSPS) is 11.4. The third kappa shape index (κ3) is 3.31. The quantitative estimate of drug-likeness (QED) is 0.773. The summed E-state index contributed by atoms with van der Waals surface area (Å²) in [5.41, 5.74) is 3.67. The molecule has 1 N–H and O–H groups in total. The van der Waals surface area contributed by atoms with Crippen molar-refractivity contribution in [3.8, 4) is 0 Å².